The lowest BCUT2D eigenvalue weighted by atomic mass is 9.84. The summed E-state index contributed by atoms with van der Waals surface area (Å²) < 4.78 is 0. The van der Waals surface area contributed by atoms with Gasteiger partial charge in [0.15, 0.2) is 0 Å². The molecule has 0 aromatic carbocycles. The first-order valence-electron chi connectivity index (χ1n) is 7.00. The molecule has 4 N–H and O–H groups in total. The van der Waals surface area contributed by atoms with Crippen molar-refractivity contribution in [3.05, 3.63) is 0 Å². The van der Waals surface area contributed by atoms with Crippen LogP contribution in [0.1, 0.15) is 59.3 Å². The van der Waals surface area contributed by atoms with Gasteiger partial charge in [-0.05, 0) is 18.3 Å². The smallest absolute Gasteiger partial charge is 0.329 e. The number of carboxylic acids is 1. The fourth-order valence-corrected chi connectivity index (χ4v) is 2.43. The molecule has 0 heterocycles. The molecule has 0 spiro atoms. The van der Waals surface area contributed by atoms with E-state index in [2.05, 4.69) is 5.32 Å². The highest BCUT2D eigenvalue weighted by atomic mass is 16.4. The molecule has 19 heavy (non-hydrogen) atoms. The molecule has 0 unspecified atom stereocenters. The molecule has 1 aliphatic rings. The van der Waals surface area contributed by atoms with Gasteiger partial charge in [-0.25, -0.2) is 4.79 Å². The van der Waals surface area contributed by atoms with Crippen LogP contribution in [-0.2, 0) is 9.59 Å². The van der Waals surface area contributed by atoms with Crippen molar-refractivity contribution in [2.75, 3.05) is 0 Å². The molecule has 0 aromatic rings. The first-order chi connectivity index (χ1) is 8.69. The van der Waals surface area contributed by atoms with E-state index in [-0.39, 0.29) is 11.3 Å². The van der Waals surface area contributed by atoms with Crippen LogP contribution in [0.3, 0.4) is 0 Å². The lowest BCUT2D eigenvalue weighted by molar-refractivity contribution is -0.149. The van der Waals surface area contributed by atoms with Crippen LogP contribution in [0.4, 0.5) is 0 Å². The zero-order valence-corrected chi connectivity index (χ0v) is 12.2. The van der Waals surface area contributed by atoms with Crippen LogP contribution in [0.2, 0.25) is 0 Å². The van der Waals surface area contributed by atoms with Crippen molar-refractivity contribution in [3.63, 3.8) is 0 Å². The number of aliphatic carboxylic acids is 1. The Bertz CT molecular complexity index is 339. The highest BCUT2D eigenvalue weighted by Gasteiger charge is 2.42. The number of hydrogen-bond donors (Lipinski definition) is 3. The normalized spacial score (nSPS) is 21.3. The predicted molar refractivity (Wildman–Crippen MR) is 73.6 cm³/mol. The van der Waals surface area contributed by atoms with Crippen molar-refractivity contribution in [1.29, 1.82) is 0 Å². The first-order valence-corrected chi connectivity index (χ1v) is 7.00. The Hall–Kier alpha value is -1.10. The Balaban J connectivity index is 2.84. The zero-order chi connectivity index (χ0) is 14.7. The Morgan fingerprint density at radius 3 is 2.00 bits per heavy atom. The third-order valence-corrected chi connectivity index (χ3v) is 3.94. The van der Waals surface area contributed by atoms with Crippen molar-refractivity contribution >= 4 is 11.9 Å². The minimum absolute atomic E-state index is 0.364. The van der Waals surface area contributed by atoms with E-state index in [1.807, 2.05) is 20.8 Å². The third kappa shape index (κ3) is 3.93. The molecule has 5 nitrogen and oxygen atoms in total. The summed E-state index contributed by atoms with van der Waals surface area (Å²) in [6.45, 7) is 5.62. The van der Waals surface area contributed by atoms with Crippen LogP contribution >= 0.6 is 0 Å². The number of nitrogens with one attached hydrogen (secondary N) is 1. The van der Waals surface area contributed by atoms with Crippen molar-refractivity contribution < 1.29 is 14.7 Å². The van der Waals surface area contributed by atoms with Gasteiger partial charge in [-0.3, -0.25) is 4.79 Å². The Labute approximate surface area is 114 Å². The summed E-state index contributed by atoms with van der Waals surface area (Å²) in [6.07, 6.45) is 4.69. The Kier molecular flexibility index (Phi) is 4.96. The van der Waals surface area contributed by atoms with E-state index in [0.29, 0.717) is 12.8 Å². The molecule has 0 aliphatic heterocycles. The maximum absolute atomic E-state index is 12.2. The van der Waals surface area contributed by atoms with Gasteiger partial charge in [0.1, 0.15) is 5.54 Å². The number of carbonyl (C=O) groups excluding carboxylic acids is 1. The lowest BCUT2D eigenvalue weighted by Gasteiger charge is -2.33. The fraction of sp³-hybridized carbons (Fsp3) is 0.857. The van der Waals surface area contributed by atoms with Gasteiger partial charge >= 0.3 is 5.97 Å². The zero-order valence-electron chi connectivity index (χ0n) is 12.2. The standard InChI is InChI=1S/C14H26N2O3/c1-13(2,3)10(15)11(17)16-14(12(18)19)8-6-4-5-7-9-14/h10H,4-9,15H2,1-3H3,(H,16,17)(H,18,19)/t10-/m0/s1. The van der Waals surface area contributed by atoms with Crippen LogP contribution in [0, 0.1) is 5.41 Å². The van der Waals surface area contributed by atoms with Gasteiger partial charge in [0.2, 0.25) is 5.91 Å². The van der Waals surface area contributed by atoms with Gasteiger partial charge in [0.25, 0.3) is 0 Å². The van der Waals surface area contributed by atoms with E-state index >= 15 is 0 Å². The summed E-state index contributed by atoms with van der Waals surface area (Å²) in [6, 6.07) is -0.702. The van der Waals surface area contributed by atoms with Crippen molar-refractivity contribution in [3.8, 4) is 0 Å². The highest BCUT2D eigenvalue weighted by molar-refractivity contribution is 5.89. The summed E-state index contributed by atoms with van der Waals surface area (Å²) in [7, 11) is 0. The van der Waals surface area contributed by atoms with Crippen LogP contribution < -0.4 is 11.1 Å². The van der Waals surface area contributed by atoms with E-state index in [1.54, 1.807) is 0 Å². The van der Waals surface area contributed by atoms with Crippen LogP contribution in [0.5, 0.6) is 0 Å². The molecular weight excluding hydrogens is 244 g/mol. The molecular formula is C14H26N2O3. The summed E-state index contributed by atoms with van der Waals surface area (Å²) in [5.74, 6) is -1.30. The second kappa shape index (κ2) is 5.90. The van der Waals surface area contributed by atoms with E-state index in [9.17, 15) is 14.7 Å². The van der Waals surface area contributed by atoms with Gasteiger partial charge in [-0.2, -0.15) is 0 Å². The maximum Gasteiger partial charge on any atom is 0.329 e. The van der Waals surface area contributed by atoms with E-state index in [4.69, 9.17) is 5.73 Å². The first kappa shape index (κ1) is 16.0. The van der Waals surface area contributed by atoms with E-state index < -0.39 is 17.6 Å². The number of carbonyl (C=O) groups is 2. The highest BCUT2D eigenvalue weighted by Crippen LogP contribution is 2.28. The van der Waals surface area contributed by atoms with Gasteiger partial charge in [0.05, 0.1) is 6.04 Å². The summed E-state index contributed by atoms with van der Waals surface area (Å²) in [5, 5.41) is 12.2. The van der Waals surface area contributed by atoms with Gasteiger partial charge in [0, 0.05) is 0 Å². The molecule has 0 saturated heterocycles. The average molecular weight is 270 g/mol. The number of amides is 1. The predicted octanol–water partition coefficient (Wildman–Crippen LogP) is 1.65. The topological polar surface area (TPSA) is 92.4 Å². The van der Waals surface area contributed by atoms with Crippen molar-refractivity contribution in [1.82, 2.24) is 5.32 Å². The second-order valence-electron chi connectivity index (χ2n) is 6.63. The minimum atomic E-state index is -1.13. The molecule has 1 atom stereocenters. The fourth-order valence-electron chi connectivity index (χ4n) is 2.43. The van der Waals surface area contributed by atoms with Gasteiger partial charge in [-0.1, -0.05) is 46.5 Å². The number of hydrogen-bond acceptors (Lipinski definition) is 3. The van der Waals surface area contributed by atoms with Crippen molar-refractivity contribution in [2.45, 2.75) is 70.9 Å². The molecule has 1 rings (SSSR count). The molecule has 110 valence electrons. The second-order valence-corrected chi connectivity index (χ2v) is 6.63. The van der Waals surface area contributed by atoms with Crippen LogP contribution in [0.15, 0.2) is 0 Å². The molecule has 1 amide bonds. The average Bonchev–Trinajstić information content (AvgIpc) is 2.53. The molecule has 0 aromatic heterocycles. The Morgan fingerprint density at radius 1 is 1.16 bits per heavy atom. The largest absolute Gasteiger partial charge is 0.480 e. The molecule has 5 heteroatoms. The van der Waals surface area contributed by atoms with Gasteiger partial charge in [-0.15, -0.1) is 0 Å². The quantitative estimate of drug-likeness (QED) is 0.680. The molecule has 0 radical (unpaired) electrons. The van der Waals surface area contributed by atoms with Crippen LogP contribution in [0.25, 0.3) is 0 Å². The number of carboxylic acid groups (broad SMARTS) is 1. The molecule has 1 fully saturated rings. The molecule has 1 aliphatic carbocycles. The number of nitrogens with two attached hydrogens (primary N) is 1. The van der Waals surface area contributed by atoms with E-state index in [1.165, 1.54) is 0 Å². The number of rotatable bonds is 3. The lowest BCUT2D eigenvalue weighted by Crippen LogP contribution is -2.60. The molecule has 0 bridgehead atoms. The summed E-state index contributed by atoms with van der Waals surface area (Å²) >= 11 is 0. The van der Waals surface area contributed by atoms with Crippen LogP contribution in [-0.4, -0.2) is 28.6 Å². The summed E-state index contributed by atoms with van der Waals surface area (Å²) in [4.78, 5) is 23.8. The minimum Gasteiger partial charge on any atom is -0.480 e. The monoisotopic (exact) mass is 270 g/mol. The van der Waals surface area contributed by atoms with Crippen molar-refractivity contribution in [2.24, 2.45) is 11.1 Å². The SMILES string of the molecule is CC(C)(C)[C@@H](N)C(=O)NC1(C(=O)O)CCCCCC1. The Morgan fingerprint density at radius 2 is 1.63 bits per heavy atom. The maximum atomic E-state index is 12.2. The summed E-state index contributed by atoms with van der Waals surface area (Å²) in [5.41, 5.74) is 4.40. The van der Waals surface area contributed by atoms with Gasteiger partial charge < -0.3 is 16.2 Å². The van der Waals surface area contributed by atoms with E-state index in [0.717, 1.165) is 25.7 Å². The third-order valence-electron chi connectivity index (χ3n) is 3.94. The molecule has 1 saturated carbocycles.